The van der Waals surface area contributed by atoms with E-state index in [1.165, 1.54) is 13.8 Å². The molecular weight excluding hydrogens is 1100 g/mol. The summed E-state index contributed by atoms with van der Waals surface area (Å²) in [6, 6.07) is 0. The zero-order valence-corrected chi connectivity index (χ0v) is 47.4. The molecule has 0 aromatic carbocycles. The maximum absolute atomic E-state index is 12.7. The summed E-state index contributed by atoms with van der Waals surface area (Å²) < 4.78 is 60.9. The minimum absolute atomic E-state index is 0.0283. The SMILES string of the molecule is CC/C=C\C/C=C\C/C=C\C/C=C\C/C=C\C/C=C\CCCCCCC(=O)CC(=O)SCCNC(=O)CCNC(=O)[C@H](O)C(C)(C)COP(=O)([O-])OP(=O)([O-])OC[C@H]1O[C@@H](n2cnc3c(N)ncnc32)[C@H](O)[C@@H]1OP(=O)([O-])[O-]. The summed E-state index contributed by atoms with van der Waals surface area (Å²) in [5.74, 6) is -1.57. The lowest BCUT2D eigenvalue weighted by Gasteiger charge is -2.36. The maximum atomic E-state index is 12.7. The molecule has 7 atom stereocenters. The van der Waals surface area contributed by atoms with E-state index in [0.29, 0.717) is 12.8 Å². The van der Waals surface area contributed by atoms with Gasteiger partial charge in [0.1, 0.15) is 42.0 Å². The zero-order valence-electron chi connectivity index (χ0n) is 43.9. The summed E-state index contributed by atoms with van der Waals surface area (Å²) in [4.78, 5) is 109. The Bertz CT molecular complexity index is 2550. The quantitative estimate of drug-likeness (QED) is 0.0272. The number of aliphatic hydroxyl groups is 2. The van der Waals surface area contributed by atoms with Crippen molar-refractivity contribution in [1.82, 2.24) is 30.2 Å². The number of anilines is 1. The van der Waals surface area contributed by atoms with E-state index in [9.17, 15) is 62.7 Å². The number of fused-ring (bicyclic) bond motifs is 1. The van der Waals surface area contributed by atoms with Crippen LogP contribution in [0.5, 0.6) is 0 Å². The third-order valence-electron chi connectivity index (χ3n) is 11.3. The Morgan fingerprint density at radius 2 is 1.41 bits per heavy atom. The van der Waals surface area contributed by atoms with Crippen molar-refractivity contribution in [2.75, 3.05) is 37.8 Å². The van der Waals surface area contributed by atoms with Gasteiger partial charge in [-0.2, -0.15) is 0 Å². The van der Waals surface area contributed by atoms with Gasteiger partial charge in [0.15, 0.2) is 22.8 Å². The van der Waals surface area contributed by atoms with E-state index in [4.69, 9.17) is 10.5 Å². The van der Waals surface area contributed by atoms with E-state index in [0.717, 1.165) is 93.2 Å². The van der Waals surface area contributed by atoms with Gasteiger partial charge in [-0.15, -0.1) is 0 Å². The number of imidazole rings is 1. The molecule has 6 N–H and O–H groups in total. The molecule has 1 saturated heterocycles. The van der Waals surface area contributed by atoms with Crippen LogP contribution in [-0.2, 0) is 55.5 Å². The molecule has 25 nitrogen and oxygen atoms in total. The molecule has 1 aliphatic rings. The van der Waals surface area contributed by atoms with Crippen LogP contribution in [0.4, 0.5) is 5.82 Å². The lowest BCUT2D eigenvalue weighted by Crippen LogP contribution is -2.46. The fourth-order valence-electron chi connectivity index (χ4n) is 7.15. The molecule has 0 saturated carbocycles. The molecule has 2 amide bonds. The van der Waals surface area contributed by atoms with Crippen LogP contribution in [0, 0.1) is 5.41 Å². The Morgan fingerprint density at radius 3 is 2.03 bits per heavy atom. The van der Waals surface area contributed by atoms with E-state index in [2.05, 4.69) is 123 Å². The number of hydrogen-bond donors (Lipinski definition) is 5. The molecule has 2 unspecified atom stereocenters. The summed E-state index contributed by atoms with van der Waals surface area (Å²) in [6.07, 6.45) is 28.7. The summed E-state index contributed by atoms with van der Waals surface area (Å²) in [7, 11) is -17.7. The second-order valence-corrected chi connectivity index (χ2v) is 23.5. The number of aliphatic hydroxyl groups excluding tert-OH is 2. The van der Waals surface area contributed by atoms with E-state index in [1.807, 2.05) is 0 Å². The number of nitrogens with two attached hydrogens (primary N) is 1. The van der Waals surface area contributed by atoms with E-state index >= 15 is 0 Å². The summed E-state index contributed by atoms with van der Waals surface area (Å²) in [5.41, 5.74) is 4.04. The second-order valence-electron chi connectivity index (χ2n) is 18.3. The lowest BCUT2D eigenvalue weighted by atomic mass is 9.87. The highest BCUT2D eigenvalue weighted by Crippen LogP contribution is 2.56. The van der Waals surface area contributed by atoms with Crippen molar-refractivity contribution in [3.63, 3.8) is 0 Å². The number of carbonyl (C=O) groups excluding carboxylic acids is 4. The first-order valence-corrected chi connectivity index (χ1v) is 30.7. The number of Topliss-reactive ketones (excluding diaryl/α,β-unsaturated/α-hetero) is 1. The van der Waals surface area contributed by atoms with Gasteiger partial charge in [-0.25, -0.2) is 19.3 Å². The number of unbranched alkanes of at least 4 members (excludes halogenated alkanes) is 4. The van der Waals surface area contributed by atoms with Crippen LogP contribution in [0.25, 0.3) is 11.2 Å². The van der Waals surface area contributed by atoms with Gasteiger partial charge in [0.05, 0.1) is 33.8 Å². The van der Waals surface area contributed by atoms with Crippen LogP contribution in [0.15, 0.2) is 85.6 Å². The lowest BCUT2D eigenvalue weighted by molar-refractivity contribution is -0.347. The molecule has 3 rings (SSSR count). The van der Waals surface area contributed by atoms with Crippen LogP contribution < -0.4 is 35.9 Å². The van der Waals surface area contributed by atoms with Crippen molar-refractivity contribution >= 4 is 74.9 Å². The number of nitrogens with zero attached hydrogens (tertiary/aromatic N) is 4. The van der Waals surface area contributed by atoms with Crippen LogP contribution >= 0.6 is 35.2 Å². The number of phosphoric acid groups is 3. The van der Waals surface area contributed by atoms with Gasteiger partial charge in [-0.3, -0.25) is 32.9 Å². The Kier molecular flexibility index (Phi) is 30.8. The molecule has 0 bridgehead atoms. The van der Waals surface area contributed by atoms with E-state index in [1.54, 1.807) is 0 Å². The summed E-state index contributed by atoms with van der Waals surface area (Å²) >= 11 is 0.913. The molecule has 0 radical (unpaired) electrons. The van der Waals surface area contributed by atoms with Crippen LogP contribution in [0.3, 0.4) is 0 Å². The second kappa shape index (κ2) is 35.4. The molecule has 29 heteroatoms. The summed E-state index contributed by atoms with van der Waals surface area (Å²) in [6.45, 7) is 2.03. The fourth-order valence-corrected chi connectivity index (χ4v) is 10.6. The van der Waals surface area contributed by atoms with E-state index in [-0.39, 0.29) is 59.6 Å². The minimum atomic E-state index is -5.94. The molecule has 2 aromatic rings. The van der Waals surface area contributed by atoms with Gasteiger partial charge in [0.25, 0.3) is 15.6 Å². The molecule has 3 heterocycles. The highest BCUT2D eigenvalue weighted by atomic mass is 32.2. The first-order valence-electron chi connectivity index (χ1n) is 25.3. The molecule has 0 aliphatic carbocycles. The van der Waals surface area contributed by atoms with Gasteiger partial charge >= 0.3 is 0 Å². The zero-order chi connectivity index (χ0) is 57.6. The minimum Gasteiger partial charge on any atom is -0.790 e. The number of nitrogens with one attached hydrogen (secondary N) is 2. The van der Waals surface area contributed by atoms with Crippen molar-refractivity contribution in [3.8, 4) is 0 Å². The number of aromatic nitrogens is 4. The van der Waals surface area contributed by atoms with Gasteiger partial charge in [0.2, 0.25) is 11.8 Å². The average molecular weight is 1170 g/mol. The number of amides is 2. The monoisotopic (exact) mass is 1170 g/mol. The molecule has 1 fully saturated rings. The molecule has 1 aliphatic heterocycles. The van der Waals surface area contributed by atoms with Crippen LogP contribution in [-0.4, -0.2) is 109 Å². The van der Waals surface area contributed by atoms with E-state index < -0.39 is 84.6 Å². The van der Waals surface area contributed by atoms with Crippen LogP contribution in [0.1, 0.15) is 117 Å². The number of carbonyl (C=O) groups is 4. The maximum Gasteiger partial charge on any atom is 0.274 e. The Morgan fingerprint density at radius 1 is 0.821 bits per heavy atom. The number of rotatable bonds is 39. The third kappa shape index (κ3) is 27.2. The number of ether oxygens (including phenoxy) is 1. The number of nitrogen functional groups attached to an aromatic ring is 1. The fraction of sp³-hybridized carbons (Fsp3) is 0.571. The number of allylic oxidation sites excluding steroid dienone is 12. The molecule has 436 valence electrons. The van der Waals surface area contributed by atoms with Crippen molar-refractivity contribution in [1.29, 1.82) is 0 Å². The number of hydrogen-bond acceptors (Lipinski definition) is 23. The Hall–Kier alpha value is -4.33. The number of phosphoric ester groups is 3. The smallest absolute Gasteiger partial charge is 0.274 e. The first kappa shape index (κ1) is 67.9. The van der Waals surface area contributed by atoms with Crippen molar-refractivity contribution in [2.45, 2.75) is 141 Å². The van der Waals surface area contributed by atoms with Crippen molar-refractivity contribution < 1.29 is 85.3 Å². The van der Waals surface area contributed by atoms with Gasteiger partial charge in [0, 0.05) is 37.1 Å². The van der Waals surface area contributed by atoms with Crippen molar-refractivity contribution in [2.24, 2.45) is 5.41 Å². The van der Waals surface area contributed by atoms with Crippen molar-refractivity contribution in [3.05, 3.63) is 85.6 Å². The standard InChI is InChI=1S/C49H76N7O18P3S/c1-4-5-6-7-8-9-10-11-12-13-14-15-16-17-18-19-20-21-22-23-24-25-26-27-37(57)32-40(59)78-31-30-51-39(58)28-29-52-47(62)44(61)49(2,3)34-71-77(68,69)74-76(66,67)70-33-38-43(73-75(63,64)65)42(60)48(72-38)56-36-55-41-45(50)53-35-54-46(41)56/h5-6,8-9,11-12,14-15,17-18,20-21,35-36,38,42-44,48,60-61H,4,7,10,13,16,19,22-34H2,1-3H3,(H,51,58)(H,52,62)(H,66,67)(H,68,69)(H2,50,53,54)(H2,63,64,65)/p-4/b6-5-,9-8-,12-11-,15-14-,18-17-,21-20-/t38-,42-,43-,44+,48-/m1/s1. The highest BCUT2D eigenvalue weighted by molar-refractivity contribution is 8.13. The Balaban J connectivity index is 1.23. The largest absolute Gasteiger partial charge is 0.790 e. The van der Waals surface area contributed by atoms with Crippen LogP contribution in [0.2, 0.25) is 0 Å². The Labute approximate surface area is 458 Å². The van der Waals surface area contributed by atoms with Gasteiger partial charge < -0.3 is 69.0 Å². The van der Waals surface area contributed by atoms with Gasteiger partial charge in [-0.05, 0) is 57.8 Å². The average Bonchev–Trinajstić information content (AvgIpc) is 4.01. The highest BCUT2D eigenvalue weighted by Gasteiger charge is 2.47. The predicted octanol–water partition coefficient (Wildman–Crippen LogP) is 4.13. The molecule has 2 aromatic heterocycles. The molecule has 78 heavy (non-hydrogen) atoms. The predicted molar refractivity (Wildman–Crippen MR) is 284 cm³/mol. The normalized spacial score (nSPS) is 19.5. The third-order valence-corrected chi connectivity index (χ3v) is 15.1. The first-order chi connectivity index (χ1) is 36.9. The topological polar surface area (TPSA) is 392 Å². The number of ketones is 1. The summed E-state index contributed by atoms with van der Waals surface area (Å²) in [5, 5.41) is 26.1. The molecule has 0 spiro atoms. The number of thioether (sulfide) groups is 1. The van der Waals surface area contributed by atoms with Gasteiger partial charge in [-0.1, -0.05) is 118 Å². The molecular formula is C49H72N7O18P3S-4.